The predicted octanol–water partition coefficient (Wildman–Crippen LogP) is 3.26. The molecule has 0 fully saturated rings. The first-order valence-corrected chi connectivity index (χ1v) is 8.85. The molecule has 0 N–H and O–H groups in total. The lowest BCUT2D eigenvalue weighted by molar-refractivity contribution is -0.127. The normalized spacial score (nSPS) is 12.8. The lowest BCUT2D eigenvalue weighted by Gasteiger charge is -2.21. The van der Waals surface area contributed by atoms with E-state index in [4.69, 9.17) is 21.1 Å². The highest BCUT2D eigenvalue weighted by molar-refractivity contribution is 8.00. The molecule has 2 heterocycles. The van der Waals surface area contributed by atoms with Crippen LogP contribution in [0.1, 0.15) is 5.56 Å². The van der Waals surface area contributed by atoms with Gasteiger partial charge in [0.2, 0.25) is 5.91 Å². The zero-order valence-electron chi connectivity index (χ0n) is 13.2. The highest BCUT2D eigenvalue weighted by atomic mass is 35.5. The Morgan fingerprint density at radius 2 is 2.08 bits per heavy atom. The molecule has 7 heteroatoms. The maximum absolute atomic E-state index is 12.3. The second-order valence-electron chi connectivity index (χ2n) is 5.31. The number of hydrogen-bond donors (Lipinski definition) is 0. The van der Waals surface area contributed by atoms with Gasteiger partial charge in [0.15, 0.2) is 11.5 Å². The van der Waals surface area contributed by atoms with Crippen molar-refractivity contribution >= 4 is 29.3 Å². The molecule has 1 aromatic heterocycles. The summed E-state index contributed by atoms with van der Waals surface area (Å²) in [7, 11) is 1.78. The van der Waals surface area contributed by atoms with Crippen molar-refractivity contribution in [1.29, 1.82) is 0 Å². The van der Waals surface area contributed by atoms with Crippen LogP contribution in [0.25, 0.3) is 0 Å². The first-order chi connectivity index (χ1) is 11.6. The van der Waals surface area contributed by atoms with Gasteiger partial charge in [-0.1, -0.05) is 29.4 Å². The largest absolute Gasteiger partial charge is 0.486 e. The predicted molar refractivity (Wildman–Crippen MR) is 93.9 cm³/mol. The van der Waals surface area contributed by atoms with Crippen LogP contribution in [0.2, 0.25) is 5.02 Å². The maximum Gasteiger partial charge on any atom is 0.233 e. The maximum atomic E-state index is 12.3. The average molecular weight is 365 g/mol. The van der Waals surface area contributed by atoms with Gasteiger partial charge in [-0.2, -0.15) is 0 Å². The Balaban J connectivity index is 1.57. The zero-order chi connectivity index (χ0) is 16.9. The Labute approximate surface area is 149 Å². The Kier molecular flexibility index (Phi) is 5.48. The highest BCUT2D eigenvalue weighted by Crippen LogP contribution is 2.31. The summed E-state index contributed by atoms with van der Waals surface area (Å²) in [6.45, 7) is 1.62. The molecule has 24 heavy (non-hydrogen) atoms. The first kappa shape index (κ1) is 16.9. The van der Waals surface area contributed by atoms with Crippen LogP contribution >= 0.6 is 23.4 Å². The van der Waals surface area contributed by atoms with Crippen LogP contribution in [-0.4, -0.2) is 41.8 Å². The lowest BCUT2D eigenvalue weighted by atomic mass is 10.2. The monoisotopic (exact) mass is 364 g/mol. The van der Waals surface area contributed by atoms with Crippen molar-refractivity contribution in [2.24, 2.45) is 0 Å². The highest BCUT2D eigenvalue weighted by Gasteiger charge is 2.15. The molecule has 5 nitrogen and oxygen atoms in total. The fourth-order valence-electron chi connectivity index (χ4n) is 2.27. The number of carbonyl (C=O) groups is 1. The summed E-state index contributed by atoms with van der Waals surface area (Å²) in [4.78, 5) is 18.1. The third-order valence-corrected chi connectivity index (χ3v) is 4.92. The number of pyridine rings is 1. The van der Waals surface area contributed by atoms with Crippen LogP contribution in [0, 0.1) is 0 Å². The second-order valence-corrected chi connectivity index (χ2v) is 6.68. The van der Waals surface area contributed by atoms with Crippen molar-refractivity contribution in [3.63, 3.8) is 0 Å². The number of aromatic nitrogens is 1. The zero-order valence-corrected chi connectivity index (χ0v) is 14.8. The second kappa shape index (κ2) is 7.77. The Hall–Kier alpha value is -1.92. The SMILES string of the molecule is CN(Cc1ccc2c(c1)OCCO2)C(=O)CSc1ncccc1Cl. The Morgan fingerprint density at radius 3 is 2.88 bits per heavy atom. The van der Waals surface area contributed by atoms with E-state index in [0.717, 1.165) is 17.1 Å². The third kappa shape index (κ3) is 4.13. The van der Waals surface area contributed by atoms with Gasteiger partial charge in [-0.25, -0.2) is 4.98 Å². The molecule has 0 atom stereocenters. The number of hydrogen-bond acceptors (Lipinski definition) is 5. The standard InChI is InChI=1S/C17H17ClN2O3S/c1-20(16(21)11-24-17-13(18)3-2-6-19-17)10-12-4-5-14-15(9-12)23-8-7-22-14/h2-6,9H,7-8,10-11H2,1H3. The van der Waals surface area contributed by atoms with E-state index in [0.29, 0.717) is 29.8 Å². The van der Waals surface area contributed by atoms with E-state index in [1.165, 1.54) is 11.8 Å². The van der Waals surface area contributed by atoms with Gasteiger partial charge in [0.25, 0.3) is 0 Å². The fourth-order valence-corrected chi connectivity index (χ4v) is 3.37. The molecule has 0 aliphatic carbocycles. The minimum absolute atomic E-state index is 0.0107. The van der Waals surface area contributed by atoms with Crippen LogP contribution in [-0.2, 0) is 11.3 Å². The number of amides is 1. The number of nitrogens with zero attached hydrogens (tertiary/aromatic N) is 2. The van der Waals surface area contributed by atoms with Gasteiger partial charge >= 0.3 is 0 Å². The van der Waals surface area contributed by atoms with Gasteiger partial charge in [-0.3, -0.25) is 4.79 Å². The minimum Gasteiger partial charge on any atom is -0.486 e. The van der Waals surface area contributed by atoms with E-state index < -0.39 is 0 Å². The summed E-state index contributed by atoms with van der Waals surface area (Å²) in [6.07, 6.45) is 1.66. The molecule has 126 valence electrons. The summed E-state index contributed by atoms with van der Waals surface area (Å²) in [6, 6.07) is 9.27. The van der Waals surface area contributed by atoms with E-state index in [2.05, 4.69) is 4.98 Å². The minimum atomic E-state index is 0.0107. The summed E-state index contributed by atoms with van der Waals surface area (Å²) in [5.41, 5.74) is 0.996. The molecule has 1 aliphatic rings. The Morgan fingerprint density at radius 1 is 1.29 bits per heavy atom. The van der Waals surface area contributed by atoms with E-state index in [1.54, 1.807) is 30.3 Å². The number of carbonyl (C=O) groups excluding carboxylic acids is 1. The van der Waals surface area contributed by atoms with Crippen LogP contribution in [0.3, 0.4) is 0 Å². The number of rotatable bonds is 5. The topological polar surface area (TPSA) is 51.7 Å². The van der Waals surface area contributed by atoms with Gasteiger partial charge in [0.1, 0.15) is 18.2 Å². The van der Waals surface area contributed by atoms with Crippen molar-refractivity contribution in [1.82, 2.24) is 9.88 Å². The van der Waals surface area contributed by atoms with E-state index in [-0.39, 0.29) is 11.7 Å². The molecule has 1 amide bonds. The molecule has 0 unspecified atom stereocenters. The lowest BCUT2D eigenvalue weighted by Crippen LogP contribution is -2.28. The number of halogens is 1. The number of thioether (sulfide) groups is 1. The van der Waals surface area contributed by atoms with Crippen molar-refractivity contribution in [3.8, 4) is 11.5 Å². The van der Waals surface area contributed by atoms with Crippen molar-refractivity contribution in [2.75, 3.05) is 26.0 Å². The quantitative estimate of drug-likeness (QED) is 0.762. The van der Waals surface area contributed by atoms with Gasteiger partial charge in [0.05, 0.1) is 10.8 Å². The number of benzene rings is 1. The van der Waals surface area contributed by atoms with E-state index in [1.807, 2.05) is 18.2 Å². The van der Waals surface area contributed by atoms with Crippen LogP contribution in [0.15, 0.2) is 41.6 Å². The van der Waals surface area contributed by atoms with Gasteiger partial charge < -0.3 is 14.4 Å². The summed E-state index contributed by atoms with van der Waals surface area (Å²) < 4.78 is 11.1. The summed E-state index contributed by atoms with van der Waals surface area (Å²) in [5, 5.41) is 1.23. The smallest absolute Gasteiger partial charge is 0.233 e. The summed E-state index contributed by atoms with van der Waals surface area (Å²) >= 11 is 7.39. The molecule has 1 aliphatic heterocycles. The molecule has 1 aromatic carbocycles. The van der Waals surface area contributed by atoms with Crippen LogP contribution in [0.5, 0.6) is 11.5 Å². The molecule has 0 bridgehead atoms. The fraction of sp³-hybridized carbons (Fsp3) is 0.294. The molecule has 0 radical (unpaired) electrons. The van der Waals surface area contributed by atoms with Crippen LogP contribution < -0.4 is 9.47 Å². The molecular weight excluding hydrogens is 348 g/mol. The van der Waals surface area contributed by atoms with Crippen molar-refractivity contribution < 1.29 is 14.3 Å². The average Bonchev–Trinajstić information content (AvgIpc) is 2.60. The van der Waals surface area contributed by atoms with Gasteiger partial charge in [0, 0.05) is 19.8 Å². The summed E-state index contributed by atoms with van der Waals surface area (Å²) in [5.74, 6) is 1.78. The molecule has 2 aromatic rings. The molecule has 0 saturated carbocycles. The van der Waals surface area contributed by atoms with E-state index in [9.17, 15) is 4.79 Å². The van der Waals surface area contributed by atoms with E-state index >= 15 is 0 Å². The van der Waals surface area contributed by atoms with Crippen molar-refractivity contribution in [2.45, 2.75) is 11.6 Å². The van der Waals surface area contributed by atoms with Gasteiger partial charge in [-0.05, 0) is 29.8 Å². The third-order valence-electron chi connectivity index (χ3n) is 3.51. The Bertz CT molecular complexity index is 742. The molecule has 0 saturated heterocycles. The van der Waals surface area contributed by atoms with Gasteiger partial charge in [-0.15, -0.1) is 0 Å². The van der Waals surface area contributed by atoms with Crippen molar-refractivity contribution in [3.05, 3.63) is 47.1 Å². The molecular formula is C17H17ClN2O3S. The first-order valence-electron chi connectivity index (χ1n) is 7.49. The molecule has 0 spiro atoms. The molecule has 3 rings (SSSR count). The number of fused-ring (bicyclic) bond motifs is 1. The van der Waals surface area contributed by atoms with Crippen LogP contribution in [0.4, 0.5) is 0 Å². The number of ether oxygens (including phenoxy) is 2.